The summed E-state index contributed by atoms with van der Waals surface area (Å²) in [5, 5.41) is 0.654. The molecule has 2 N–H and O–H groups in total. The third-order valence-corrected chi connectivity index (χ3v) is 1.87. The Morgan fingerprint density at radius 1 is 1.42 bits per heavy atom. The minimum absolute atomic E-state index is 0.0161. The van der Waals surface area contributed by atoms with Crippen LogP contribution in [-0.4, -0.2) is 7.11 Å². The summed E-state index contributed by atoms with van der Waals surface area (Å²) in [5.41, 5.74) is 6.68. The van der Waals surface area contributed by atoms with Gasteiger partial charge in [0, 0.05) is 11.1 Å². The van der Waals surface area contributed by atoms with Crippen molar-refractivity contribution in [3.63, 3.8) is 0 Å². The van der Waals surface area contributed by atoms with Gasteiger partial charge in [-0.1, -0.05) is 11.6 Å². The van der Waals surface area contributed by atoms with Crippen LogP contribution in [0.4, 0.5) is 0 Å². The highest BCUT2D eigenvalue weighted by Gasteiger charge is 2.02. The van der Waals surface area contributed by atoms with Crippen LogP contribution < -0.4 is 10.5 Å². The average molecular weight is 186 g/mol. The summed E-state index contributed by atoms with van der Waals surface area (Å²) in [6.07, 6.45) is 0. The molecule has 1 rings (SSSR count). The lowest BCUT2D eigenvalue weighted by Crippen LogP contribution is -2.04. The van der Waals surface area contributed by atoms with E-state index in [2.05, 4.69) is 0 Å². The molecule has 0 aliphatic rings. The number of halogens is 1. The van der Waals surface area contributed by atoms with E-state index in [9.17, 15) is 0 Å². The maximum atomic E-state index is 5.84. The Kier molecular flexibility index (Phi) is 2.95. The molecule has 1 aromatic rings. The monoisotopic (exact) mass is 185 g/mol. The van der Waals surface area contributed by atoms with E-state index in [1.54, 1.807) is 13.2 Å². The van der Waals surface area contributed by atoms with Gasteiger partial charge in [0.1, 0.15) is 5.75 Å². The average Bonchev–Trinajstić information content (AvgIpc) is 2.03. The van der Waals surface area contributed by atoms with Gasteiger partial charge in [0.2, 0.25) is 0 Å². The van der Waals surface area contributed by atoms with Gasteiger partial charge < -0.3 is 10.5 Å². The van der Waals surface area contributed by atoms with E-state index in [-0.39, 0.29) is 6.04 Å². The van der Waals surface area contributed by atoms with Gasteiger partial charge in [-0.3, -0.25) is 0 Å². The maximum Gasteiger partial charge on any atom is 0.120 e. The third-order valence-electron chi connectivity index (χ3n) is 1.66. The van der Waals surface area contributed by atoms with Crippen molar-refractivity contribution >= 4 is 11.6 Å². The van der Waals surface area contributed by atoms with E-state index in [0.29, 0.717) is 5.02 Å². The van der Waals surface area contributed by atoms with Crippen molar-refractivity contribution < 1.29 is 4.74 Å². The van der Waals surface area contributed by atoms with Crippen molar-refractivity contribution in [3.8, 4) is 5.75 Å². The fourth-order valence-electron chi connectivity index (χ4n) is 0.965. The zero-order valence-electron chi connectivity index (χ0n) is 7.17. The zero-order chi connectivity index (χ0) is 9.14. The molecule has 0 fully saturated rings. The highest BCUT2D eigenvalue weighted by molar-refractivity contribution is 6.30. The highest BCUT2D eigenvalue weighted by Crippen LogP contribution is 2.23. The van der Waals surface area contributed by atoms with Crippen molar-refractivity contribution in [1.82, 2.24) is 0 Å². The summed E-state index contributed by atoms with van der Waals surface area (Å²) in [4.78, 5) is 0. The van der Waals surface area contributed by atoms with Crippen LogP contribution in [0, 0.1) is 0 Å². The van der Waals surface area contributed by atoms with Gasteiger partial charge >= 0.3 is 0 Å². The van der Waals surface area contributed by atoms with Crippen molar-refractivity contribution in [2.45, 2.75) is 13.0 Å². The van der Waals surface area contributed by atoms with Gasteiger partial charge in [0.05, 0.1) is 7.11 Å². The van der Waals surface area contributed by atoms with E-state index < -0.39 is 0 Å². The number of benzene rings is 1. The molecule has 0 aromatic heterocycles. The molecule has 12 heavy (non-hydrogen) atoms. The first kappa shape index (κ1) is 9.36. The second-order valence-corrected chi connectivity index (χ2v) is 3.15. The molecule has 2 nitrogen and oxygen atoms in total. The lowest BCUT2D eigenvalue weighted by atomic mass is 10.1. The number of ether oxygens (including phenoxy) is 1. The molecule has 1 atom stereocenters. The Morgan fingerprint density at radius 3 is 2.58 bits per heavy atom. The smallest absolute Gasteiger partial charge is 0.120 e. The van der Waals surface area contributed by atoms with Crippen LogP contribution in [0.2, 0.25) is 5.02 Å². The van der Waals surface area contributed by atoms with Crippen LogP contribution in [0.15, 0.2) is 18.2 Å². The Hall–Kier alpha value is -0.730. The molecule has 0 aliphatic heterocycles. The van der Waals surface area contributed by atoms with Crippen molar-refractivity contribution in [2.24, 2.45) is 5.73 Å². The molecular weight excluding hydrogens is 174 g/mol. The second-order valence-electron chi connectivity index (χ2n) is 2.71. The number of methoxy groups -OCH3 is 1. The highest BCUT2D eigenvalue weighted by atomic mass is 35.5. The van der Waals surface area contributed by atoms with Gasteiger partial charge in [-0.25, -0.2) is 0 Å². The van der Waals surface area contributed by atoms with E-state index in [1.807, 2.05) is 19.1 Å². The molecule has 0 aliphatic carbocycles. The number of rotatable bonds is 2. The summed E-state index contributed by atoms with van der Waals surface area (Å²) < 4.78 is 5.05. The van der Waals surface area contributed by atoms with E-state index in [1.165, 1.54) is 0 Å². The Morgan fingerprint density at radius 2 is 2.08 bits per heavy atom. The fourth-order valence-corrected chi connectivity index (χ4v) is 1.20. The van der Waals surface area contributed by atoms with Crippen molar-refractivity contribution in [1.29, 1.82) is 0 Å². The number of hydrogen-bond acceptors (Lipinski definition) is 2. The summed E-state index contributed by atoms with van der Waals surface area (Å²) in [6, 6.07) is 5.47. The van der Waals surface area contributed by atoms with E-state index >= 15 is 0 Å². The molecule has 0 radical (unpaired) electrons. The van der Waals surface area contributed by atoms with Crippen LogP contribution in [-0.2, 0) is 0 Å². The molecule has 0 saturated heterocycles. The Labute approximate surface area is 77.3 Å². The number of nitrogens with two attached hydrogens (primary N) is 1. The standard InChI is InChI=1S/C9H12ClNO/c1-6(11)7-3-8(10)5-9(4-7)12-2/h3-6H,11H2,1-2H3. The largest absolute Gasteiger partial charge is 0.497 e. The van der Waals surface area contributed by atoms with Gasteiger partial charge in [-0.15, -0.1) is 0 Å². The summed E-state index contributed by atoms with van der Waals surface area (Å²) in [7, 11) is 1.61. The molecule has 0 bridgehead atoms. The summed E-state index contributed by atoms with van der Waals surface area (Å²) in [6.45, 7) is 1.91. The molecule has 0 saturated carbocycles. The van der Waals surface area contributed by atoms with E-state index in [0.717, 1.165) is 11.3 Å². The normalized spacial score (nSPS) is 12.7. The predicted molar refractivity (Wildman–Crippen MR) is 50.6 cm³/mol. The van der Waals surface area contributed by atoms with Crippen LogP contribution in [0.5, 0.6) is 5.75 Å². The molecule has 1 unspecified atom stereocenters. The SMILES string of the molecule is COc1cc(Cl)cc(C(C)N)c1. The van der Waals surface area contributed by atoms with E-state index in [4.69, 9.17) is 22.1 Å². The predicted octanol–water partition coefficient (Wildman–Crippen LogP) is 2.37. The quantitative estimate of drug-likeness (QED) is 0.768. The van der Waals surface area contributed by atoms with Crippen LogP contribution >= 0.6 is 11.6 Å². The minimum Gasteiger partial charge on any atom is -0.497 e. The first-order valence-electron chi connectivity index (χ1n) is 3.73. The van der Waals surface area contributed by atoms with Gasteiger partial charge in [0.15, 0.2) is 0 Å². The van der Waals surface area contributed by atoms with Crippen LogP contribution in [0.1, 0.15) is 18.5 Å². The first-order chi connectivity index (χ1) is 5.63. The number of hydrogen-bond donors (Lipinski definition) is 1. The Bertz CT molecular complexity index is 273. The maximum absolute atomic E-state index is 5.84. The van der Waals surface area contributed by atoms with Crippen LogP contribution in [0.3, 0.4) is 0 Å². The topological polar surface area (TPSA) is 35.2 Å². The van der Waals surface area contributed by atoms with Crippen molar-refractivity contribution in [2.75, 3.05) is 7.11 Å². The molecule has 0 heterocycles. The fraction of sp³-hybridized carbons (Fsp3) is 0.333. The molecule has 0 amide bonds. The first-order valence-corrected chi connectivity index (χ1v) is 4.11. The van der Waals surface area contributed by atoms with Gasteiger partial charge in [-0.05, 0) is 30.7 Å². The summed E-state index contributed by atoms with van der Waals surface area (Å²) >= 11 is 5.84. The molecule has 66 valence electrons. The second kappa shape index (κ2) is 3.78. The minimum atomic E-state index is -0.0161. The van der Waals surface area contributed by atoms with Gasteiger partial charge in [-0.2, -0.15) is 0 Å². The van der Waals surface area contributed by atoms with Crippen molar-refractivity contribution in [3.05, 3.63) is 28.8 Å². The zero-order valence-corrected chi connectivity index (χ0v) is 7.93. The molecule has 0 spiro atoms. The third kappa shape index (κ3) is 2.13. The summed E-state index contributed by atoms with van der Waals surface area (Å²) in [5.74, 6) is 0.745. The van der Waals surface area contributed by atoms with Gasteiger partial charge in [0.25, 0.3) is 0 Å². The lowest BCUT2D eigenvalue weighted by molar-refractivity contribution is 0.414. The molecular formula is C9H12ClNO. The molecule has 1 aromatic carbocycles. The Balaban J connectivity index is 3.06. The van der Waals surface area contributed by atoms with Crippen LogP contribution in [0.25, 0.3) is 0 Å². The molecule has 3 heteroatoms. The lowest BCUT2D eigenvalue weighted by Gasteiger charge is -2.08.